The molecule has 0 aliphatic carbocycles. The van der Waals surface area contributed by atoms with Gasteiger partial charge in [-0.15, -0.1) is 0 Å². The second kappa shape index (κ2) is 9.35. The number of anilines is 1. The number of para-hydroxylation sites is 1. The Bertz CT molecular complexity index is 1150. The molecule has 0 atom stereocenters. The Morgan fingerprint density at radius 1 is 1.00 bits per heavy atom. The average Bonchev–Trinajstić information content (AvgIpc) is 2.81. The van der Waals surface area contributed by atoms with Gasteiger partial charge in [0.1, 0.15) is 10.8 Å². The second-order valence-corrected chi connectivity index (χ2v) is 7.46. The van der Waals surface area contributed by atoms with Crippen LogP contribution in [0.1, 0.15) is 10.4 Å². The van der Waals surface area contributed by atoms with Crippen molar-refractivity contribution < 1.29 is 18.3 Å². The Morgan fingerprint density at radius 3 is 2.28 bits per heavy atom. The number of alkyl halides is 2. The highest BCUT2D eigenvalue weighted by Gasteiger charge is 2.25. The van der Waals surface area contributed by atoms with Crippen LogP contribution in [0, 0.1) is 0 Å². The molecule has 0 radical (unpaired) electrons. The highest BCUT2D eigenvalue weighted by atomic mass is 35.5. The van der Waals surface area contributed by atoms with Crippen molar-refractivity contribution in [2.75, 3.05) is 31.1 Å². The summed E-state index contributed by atoms with van der Waals surface area (Å²) < 4.78 is 30.1. The molecule has 2 aromatic carbocycles. The van der Waals surface area contributed by atoms with Gasteiger partial charge in [0.05, 0.1) is 17.6 Å². The number of nitrogens with zero attached hydrogens (tertiary/aromatic N) is 4. The average molecular weight is 461 g/mol. The largest absolute Gasteiger partial charge is 0.435 e. The van der Waals surface area contributed by atoms with E-state index in [1.54, 1.807) is 35.4 Å². The number of hydrogen-bond acceptors (Lipinski definition) is 5. The van der Waals surface area contributed by atoms with Crippen molar-refractivity contribution in [2.24, 2.45) is 0 Å². The predicted molar refractivity (Wildman–Crippen MR) is 116 cm³/mol. The molecule has 3 aromatic rings. The maximum absolute atomic E-state index is 12.7. The van der Waals surface area contributed by atoms with Gasteiger partial charge in [-0.2, -0.15) is 18.6 Å². The van der Waals surface area contributed by atoms with E-state index in [4.69, 9.17) is 11.6 Å². The molecule has 32 heavy (non-hydrogen) atoms. The zero-order chi connectivity index (χ0) is 22.7. The van der Waals surface area contributed by atoms with Gasteiger partial charge in [0.2, 0.25) is 0 Å². The molecule has 1 aliphatic heterocycles. The van der Waals surface area contributed by atoms with Crippen LogP contribution in [0.3, 0.4) is 0 Å². The quantitative estimate of drug-likeness (QED) is 0.583. The van der Waals surface area contributed by atoms with Crippen LogP contribution in [0.15, 0.2) is 65.6 Å². The van der Waals surface area contributed by atoms with Crippen LogP contribution in [0.25, 0.3) is 5.69 Å². The SMILES string of the molecule is O=C(c1ccc(OC(F)F)cc1)N1CCN(c2cnn(-c3ccccc3)c(=O)c2Cl)CC1. The normalized spacial score (nSPS) is 14.0. The smallest absolute Gasteiger partial charge is 0.387 e. The highest BCUT2D eigenvalue weighted by molar-refractivity contribution is 6.33. The molecule has 1 saturated heterocycles. The van der Waals surface area contributed by atoms with Crippen molar-refractivity contribution >= 4 is 23.2 Å². The third-order valence-electron chi connectivity index (χ3n) is 5.14. The first-order valence-corrected chi connectivity index (χ1v) is 10.2. The fourth-order valence-electron chi connectivity index (χ4n) is 3.51. The summed E-state index contributed by atoms with van der Waals surface area (Å²) in [5, 5.41) is 4.31. The fraction of sp³-hybridized carbons (Fsp3) is 0.227. The van der Waals surface area contributed by atoms with Crippen molar-refractivity contribution in [2.45, 2.75) is 6.61 Å². The van der Waals surface area contributed by atoms with Gasteiger partial charge in [0.25, 0.3) is 11.5 Å². The molecule has 1 aromatic heterocycles. The molecule has 2 heterocycles. The van der Waals surface area contributed by atoms with E-state index in [9.17, 15) is 18.4 Å². The van der Waals surface area contributed by atoms with Gasteiger partial charge in [-0.05, 0) is 36.4 Å². The Morgan fingerprint density at radius 2 is 1.66 bits per heavy atom. The number of rotatable bonds is 5. The topological polar surface area (TPSA) is 67.7 Å². The second-order valence-electron chi connectivity index (χ2n) is 7.08. The summed E-state index contributed by atoms with van der Waals surface area (Å²) in [5.74, 6) is -0.217. The number of aromatic nitrogens is 2. The Hall–Kier alpha value is -3.46. The summed E-state index contributed by atoms with van der Waals surface area (Å²) in [7, 11) is 0. The summed E-state index contributed by atoms with van der Waals surface area (Å²) in [6, 6.07) is 14.6. The van der Waals surface area contributed by atoms with E-state index < -0.39 is 12.2 Å². The van der Waals surface area contributed by atoms with Crippen LogP contribution < -0.4 is 15.2 Å². The summed E-state index contributed by atoms with van der Waals surface area (Å²) in [6.07, 6.45) is 1.55. The number of hydrogen-bond donors (Lipinski definition) is 0. The lowest BCUT2D eigenvalue weighted by Crippen LogP contribution is -2.49. The Kier molecular flexibility index (Phi) is 6.36. The van der Waals surface area contributed by atoms with Gasteiger partial charge < -0.3 is 14.5 Å². The first-order valence-electron chi connectivity index (χ1n) is 9.86. The molecule has 0 saturated carbocycles. The fourth-order valence-corrected chi connectivity index (χ4v) is 3.76. The van der Waals surface area contributed by atoms with Crippen LogP contribution in [-0.2, 0) is 0 Å². The lowest BCUT2D eigenvalue weighted by molar-refractivity contribution is -0.0498. The summed E-state index contributed by atoms with van der Waals surface area (Å²) in [6.45, 7) is -1.16. The molecule has 166 valence electrons. The summed E-state index contributed by atoms with van der Waals surface area (Å²) in [4.78, 5) is 29.0. The number of halogens is 3. The van der Waals surface area contributed by atoms with Gasteiger partial charge in [0, 0.05) is 31.7 Å². The molecule has 0 unspecified atom stereocenters. The van der Waals surface area contributed by atoms with Crippen molar-refractivity contribution in [3.05, 3.63) is 81.7 Å². The first kappa shape index (κ1) is 21.8. The highest BCUT2D eigenvalue weighted by Crippen LogP contribution is 2.24. The van der Waals surface area contributed by atoms with Gasteiger partial charge in [-0.3, -0.25) is 9.59 Å². The van der Waals surface area contributed by atoms with Crippen molar-refractivity contribution in [3.8, 4) is 11.4 Å². The van der Waals surface area contributed by atoms with Gasteiger partial charge >= 0.3 is 6.61 Å². The van der Waals surface area contributed by atoms with Gasteiger partial charge in [-0.25, -0.2) is 0 Å². The third-order valence-corrected chi connectivity index (χ3v) is 5.49. The van der Waals surface area contributed by atoms with E-state index in [0.29, 0.717) is 43.1 Å². The maximum Gasteiger partial charge on any atom is 0.387 e. The predicted octanol–water partition coefficient (Wildman–Crippen LogP) is 3.45. The molecule has 1 aliphatic rings. The minimum atomic E-state index is -2.92. The maximum atomic E-state index is 12.7. The molecule has 7 nitrogen and oxygen atoms in total. The third kappa shape index (κ3) is 4.57. The molecular formula is C22H19ClF2N4O3. The minimum absolute atomic E-state index is 0.00579. The first-order chi connectivity index (χ1) is 15.4. The van der Waals surface area contributed by atoms with Crippen molar-refractivity contribution in [3.63, 3.8) is 0 Å². The number of benzene rings is 2. The standard InChI is InChI=1S/C22H19ClF2N4O3/c23-19-18(14-26-29(21(19)31)16-4-2-1-3-5-16)27-10-12-28(13-11-27)20(30)15-6-8-17(9-7-15)32-22(24)25/h1-9,14,22H,10-13H2. The van der Waals surface area contributed by atoms with E-state index in [0.717, 1.165) is 0 Å². The van der Waals surface area contributed by atoms with Crippen LogP contribution in [0.5, 0.6) is 5.75 Å². The van der Waals surface area contributed by atoms with E-state index >= 15 is 0 Å². The Labute approximate surface area is 187 Å². The molecular weight excluding hydrogens is 442 g/mol. The number of ether oxygens (including phenoxy) is 1. The van der Waals surface area contributed by atoms with Crippen molar-refractivity contribution in [1.82, 2.24) is 14.7 Å². The minimum Gasteiger partial charge on any atom is -0.435 e. The van der Waals surface area contributed by atoms with Gasteiger partial charge in [0.15, 0.2) is 0 Å². The molecule has 1 amide bonds. The van der Waals surface area contributed by atoms with Crippen LogP contribution in [0.4, 0.5) is 14.5 Å². The van der Waals surface area contributed by atoms with E-state index in [2.05, 4.69) is 9.84 Å². The lowest BCUT2D eigenvalue weighted by Gasteiger charge is -2.36. The monoisotopic (exact) mass is 460 g/mol. The Balaban J connectivity index is 1.43. The van der Waals surface area contributed by atoms with Crippen LogP contribution in [0.2, 0.25) is 5.02 Å². The summed E-state index contributed by atoms with van der Waals surface area (Å²) >= 11 is 6.37. The molecule has 0 spiro atoms. The zero-order valence-corrected chi connectivity index (χ0v) is 17.6. The molecule has 1 fully saturated rings. The summed E-state index contributed by atoms with van der Waals surface area (Å²) in [5.41, 5.74) is 1.10. The van der Waals surface area contributed by atoms with Crippen molar-refractivity contribution in [1.29, 1.82) is 0 Å². The molecule has 0 bridgehead atoms. The van der Waals surface area contributed by atoms with E-state index in [-0.39, 0.29) is 16.7 Å². The van der Waals surface area contributed by atoms with Crippen LogP contribution in [-0.4, -0.2) is 53.4 Å². The van der Waals surface area contributed by atoms with Crippen LogP contribution >= 0.6 is 11.6 Å². The lowest BCUT2D eigenvalue weighted by atomic mass is 10.1. The van der Waals surface area contributed by atoms with Gasteiger partial charge in [-0.1, -0.05) is 29.8 Å². The van der Waals surface area contributed by atoms with E-state index in [1.165, 1.54) is 28.9 Å². The number of carbonyl (C=O) groups excluding carboxylic acids is 1. The number of carbonyl (C=O) groups is 1. The molecule has 10 heteroatoms. The zero-order valence-electron chi connectivity index (χ0n) is 16.8. The number of piperazine rings is 1. The molecule has 4 rings (SSSR count). The molecule has 0 N–H and O–H groups in total. The van der Waals surface area contributed by atoms with E-state index in [1.807, 2.05) is 11.0 Å². The number of amides is 1.